The summed E-state index contributed by atoms with van der Waals surface area (Å²) < 4.78 is 21.8. The van der Waals surface area contributed by atoms with Crippen molar-refractivity contribution in [2.24, 2.45) is 52.3 Å². The summed E-state index contributed by atoms with van der Waals surface area (Å²) in [5.41, 5.74) is 3.72. The molecular weight excluding hydrogens is 829 g/mol. The predicted octanol–water partition coefficient (Wildman–Crippen LogP) is 18.8. The summed E-state index contributed by atoms with van der Waals surface area (Å²) in [5.74, 6) is 7.80. The van der Waals surface area contributed by atoms with Crippen LogP contribution in [-0.4, -0.2) is 25.0 Å². The number of carbonyl (C=O) groups is 1. The van der Waals surface area contributed by atoms with Gasteiger partial charge in [0, 0.05) is 41.1 Å². The molecule has 0 spiro atoms. The maximum absolute atomic E-state index is 11.0. The Hall–Kier alpha value is -4.78. The number of carbonyl (C=O) groups excluding carboxylic acids is 1. The van der Waals surface area contributed by atoms with Gasteiger partial charge >= 0.3 is 0 Å². The van der Waals surface area contributed by atoms with Gasteiger partial charge < -0.3 is 23.6 Å². The Morgan fingerprint density at radius 3 is 1.33 bits per heavy atom. The molecule has 5 aromatic rings. The van der Waals surface area contributed by atoms with Crippen molar-refractivity contribution in [3.63, 3.8) is 0 Å². The van der Waals surface area contributed by atoms with Gasteiger partial charge in [-0.1, -0.05) is 202 Å². The number of benzene rings is 3. The number of nitrogens with zero attached hydrogens (tertiary/aromatic N) is 1. The van der Waals surface area contributed by atoms with Crippen LogP contribution in [0, 0.1) is 47.3 Å². The normalized spacial score (nSPS) is 12.9. The summed E-state index contributed by atoms with van der Waals surface area (Å²) in [6, 6.07) is 23.3. The van der Waals surface area contributed by atoms with Gasteiger partial charge in [0.05, 0.1) is 19.1 Å². The van der Waals surface area contributed by atoms with Crippen LogP contribution >= 0.6 is 0 Å². The van der Waals surface area contributed by atoms with Crippen LogP contribution in [0.1, 0.15) is 175 Å². The van der Waals surface area contributed by atoms with E-state index in [0.29, 0.717) is 12.5 Å². The minimum atomic E-state index is -0.175. The molecule has 1 atom stereocenters. The van der Waals surface area contributed by atoms with Crippen LogP contribution in [-0.2, 0) is 6.54 Å². The molecule has 7 heteroatoms. The third-order valence-corrected chi connectivity index (χ3v) is 6.15. The number of furan rings is 2. The highest BCUT2D eigenvalue weighted by Crippen LogP contribution is 2.40. The molecule has 67 heavy (non-hydrogen) atoms. The van der Waals surface area contributed by atoms with Crippen LogP contribution < -0.4 is 14.8 Å². The van der Waals surface area contributed by atoms with Gasteiger partial charge in [-0.05, 0) is 83.4 Å². The molecule has 5 heterocycles. The molecule has 1 N–H and O–H groups in total. The number of allylic oxidation sites excluding steroid dienone is 1. The molecule has 0 radical (unpaired) electrons. The first-order valence-corrected chi connectivity index (χ1v) is 25.0. The second-order valence-electron chi connectivity index (χ2n) is 21.5. The summed E-state index contributed by atoms with van der Waals surface area (Å²) in [6.45, 7) is 51.2. The average molecular weight is 929 g/mol. The third-order valence-electron chi connectivity index (χ3n) is 6.15. The Bertz CT molecular complexity index is 1800. The van der Waals surface area contributed by atoms with Gasteiger partial charge in [-0.3, -0.25) is 9.79 Å². The number of rotatable bonds is 1. The highest BCUT2D eigenvalue weighted by atomic mass is 16.7. The van der Waals surface area contributed by atoms with E-state index in [1.807, 2.05) is 84.9 Å². The van der Waals surface area contributed by atoms with Crippen molar-refractivity contribution in [2.75, 3.05) is 6.54 Å². The molecule has 1 amide bonds. The van der Waals surface area contributed by atoms with Gasteiger partial charge in [0.2, 0.25) is 6.29 Å². The molecule has 8 rings (SSSR count). The van der Waals surface area contributed by atoms with E-state index in [2.05, 4.69) is 170 Å². The highest BCUT2D eigenvalue weighted by molar-refractivity contribution is 5.98. The Morgan fingerprint density at radius 1 is 0.507 bits per heavy atom. The van der Waals surface area contributed by atoms with Crippen molar-refractivity contribution in [2.45, 2.75) is 172 Å². The molecule has 2 aromatic heterocycles. The molecule has 3 aromatic carbocycles. The van der Waals surface area contributed by atoms with Crippen LogP contribution in [0.15, 0.2) is 111 Å². The van der Waals surface area contributed by atoms with E-state index in [4.69, 9.17) is 18.3 Å². The number of amides is 1. The van der Waals surface area contributed by atoms with E-state index in [1.165, 1.54) is 0 Å². The van der Waals surface area contributed by atoms with Gasteiger partial charge in [-0.15, -0.1) is 0 Å². The van der Waals surface area contributed by atoms with Gasteiger partial charge in [0.25, 0.3) is 5.91 Å². The Balaban J connectivity index is -0.000000708. The lowest BCUT2D eigenvalue weighted by Crippen LogP contribution is -2.24. The Kier molecular flexibility index (Phi) is 40.0. The molecule has 0 bridgehead atoms. The highest BCUT2D eigenvalue weighted by Gasteiger charge is 2.27. The predicted molar refractivity (Wildman–Crippen MR) is 296 cm³/mol. The monoisotopic (exact) mass is 929 g/mol. The van der Waals surface area contributed by atoms with Crippen LogP contribution in [0.25, 0.3) is 21.9 Å². The molecule has 0 aliphatic carbocycles. The summed E-state index contributed by atoms with van der Waals surface area (Å²) in [7, 11) is 0. The lowest BCUT2D eigenvalue weighted by Gasteiger charge is -2.12. The van der Waals surface area contributed by atoms with Crippen molar-refractivity contribution < 1.29 is 23.1 Å². The smallest absolute Gasteiger partial charge is 0.251 e. The number of ether oxygens (including phenoxy) is 2. The van der Waals surface area contributed by atoms with E-state index < -0.39 is 0 Å². The van der Waals surface area contributed by atoms with E-state index in [-0.39, 0.29) is 12.2 Å². The van der Waals surface area contributed by atoms with Crippen LogP contribution in [0.2, 0.25) is 0 Å². The van der Waals surface area contributed by atoms with Crippen molar-refractivity contribution in [3.8, 4) is 11.5 Å². The minimum absolute atomic E-state index is 0.0515. The fourth-order valence-corrected chi connectivity index (χ4v) is 4.08. The summed E-state index contributed by atoms with van der Waals surface area (Å²) in [6.07, 6.45) is 8.95. The number of nitrogens with one attached hydrogen (secondary N) is 1. The maximum atomic E-state index is 11.0. The second-order valence-corrected chi connectivity index (χ2v) is 21.5. The lowest BCUT2D eigenvalue weighted by molar-refractivity contribution is 0.00914. The molecule has 1 unspecified atom stereocenters. The molecule has 0 saturated heterocycles. The Morgan fingerprint density at radius 2 is 0.925 bits per heavy atom. The number of hydrogen-bond donors (Lipinski definition) is 1. The van der Waals surface area contributed by atoms with Crippen molar-refractivity contribution in [1.29, 1.82) is 0 Å². The first kappa shape index (κ1) is 66.5. The maximum Gasteiger partial charge on any atom is 0.251 e. The zero-order valence-corrected chi connectivity index (χ0v) is 46.9. The van der Waals surface area contributed by atoms with Crippen molar-refractivity contribution in [3.05, 3.63) is 109 Å². The number of fused-ring (bicyclic) bond motifs is 4. The van der Waals surface area contributed by atoms with Gasteiger partial charge in [-0.2, -0.15) is 0 Å². The van der Waals surface area contributed by atoms with E-state index in [9.17, 15) is 4.79 Å². The van der Waals surface area contributed by atoms with E-state index in [1.54, 1.807) is 18.7 Å². The van der Waals surface area contributed by atoms with Gasteiger partial charge in [0.1, 0.15) is 11.2 Å². The minimum Gasteiger partial charge on any atom is -0.464 e. The standard InChI is InChI=1S/C12H12O3.C8H7NO.C8H6O.C4H5N.7C4H10/c1-7(2)12-14-10-5-8-3-4-13-9(8)6-11(10)15-12;10-8-7-4-2-1-3-6(7)5-9-8;1-2-4-8-7(3-1)5-6-9-8;1-2-4-5-3-1;7*1-4(2)3/h3-7,12H,1-2H3;1-4H,5H2,(H,9,10);1-6H;1-3H,4H2;7*4H,1-3H3. The van der Waals surface area contributed by atoms with Crippen LogP contribution in [0.4, 0.5) is 0 Å². The van der Waals surface area contributed by atoms with Crippen molar-refractivity contribution >= 4 is 34.1 Å². The van der Waals surface area contributed by atoms with Gasteiger partial charge in [-0.25, -0.2) is 0 Å². The van der Waals surface area contributed by atoms with Gasteiger partial charge in [0.15, 0.2) is 11.5 Å². The fourth-order valence-electron chi connectivity index (χ4n) is 4.08. The summed E-state index contributed by atoms with van der Waals surface area (Å²) in [5, 5.41) is 4.95. The van der Waals surface area contributed by atoms with E-state index in [0.717, 1.165) is 92.5 Å². The lowest BCUT2D eigenvalue weighted by atomic mass is 10.1. The summed E-state index contributed by atoms with van der Waals surface area (Å²) in [4.78, 5) is 14.8. The zero-order valence-electron chi connectivity index (χ0n) is 46.9. The first-order chi connectivity index (χ1) is 31.2. The molecule has 7 nitrogen and oxygen atoms in total. The topological polar surface area (TPSA) is 86.2 Å². The first-order valence-electron chi connectivity index (χ1n) is 25.0. The third kappa shape index (κ3) is 42.3. The fraction of sp³-hybridized carbons (Fsp3) is 0.567. The number of hydrogen-bond acceptors (Lipinski definition) is 6. The molecule has 3 aliphatic rings. The second kappa shape index (κ2) is 40.3. The summed E-state index contributed by atoms with van der Waals surface area (Å²) >= 11 is 0. The number of para-hydroxylation sites is 1. The molecule has 380 valence electrons. The largest absolute Gasteiger partial charge is 0.464 e. The Labute approximate surface area is 412 Å². The SMILES string of the molecule is C1=CCN=C1.CC(C)C.CC(C)C.CC(C)C.CC(C)C.CC(C)C.CC(C)C.CC(C)C.CC(C)C1Oc2cc3ccoc3cc2O1.O=C1NCc2ccccc21.c1ccc2occc2c1. The van der Waals surface area contributed by atoms with E-state index >= 15 is 0 Å². The molecule has 0 saturated carbocycles. The molecule has 3 aliphatic heterocycles. The zero-order chi connectivity index (χ0) is 52.1. The average Bonchev–Trinajstić information content (AvgIpc) is 4.05. The molecule has 0 fully saturated rings. The quantitative estimate of drug-likeness (QED) is 0.181. The molecular formula is C60H100N2O5. The number of aliphatic imine (C=N–C) groups is 1. The van der Waals surface area contributed by atoms with Crippen LogP contribution in [0.3, 0.4) is 0 Å². The van der Waals surface area contributed by atoms with Crippen molar-refractivity contribution in [1.82, 2.24) is 5.32 Å². The van der Waals surface area contributed by atoms with Crippen LogP contribution in [0.5, 0.6) is 11.5 Å².